The van der Waals surface area contributed by atoms with Crippen LogP contribution in [0.25, 0.3) is 0 Å². The molecular formula is C15H24N6O. The fourth-order valence-corrected chi connectivity index (χ4v) is 3.11. The lowest BCUT2D eigenvalue weighted by Gasteiger charge is -2.35. The van der Waals surface area contributed by atoms with Crippen molar-refractivity contribution in [2.45, 2.75) is 52.1 Å². The number of piperidine rings is 1. The second kappa shape index (κ2) is 7.00. The van der Waals surface area contributed by atoms with Gasteiger partial charge in [-0.1, -0.05) is 12.1 Å². The molecule has 0 aliphatic carbocycles. The Hall–Kier alpha value is -1.76. The van der Waals surface area contributed by atoms with E-state index in [1.165, 1.54) is 12.8 Å². The zero-order valence-corrected chi connectivity index (χ0v) is 13.4. The molecule has 1 aliphatic rings. The lowest BCUT2D eigenvalue weighted by Crippen LogP contribution is -2.38. The number of aromatic nitrogens is 5. The SMILES string of the molecule is CCCc1noc([C@H](C)N2CCC[C@H](Cn3cncn3)C2)n1. The van der Waals surface area contributed by atoms with E-state index >= 15 is 0 Å². The topological polar surface area (TPSA) is 72.9 Å². The van der Waals surface area contributed by atoms with E-state index in [-0.39, 0.29) is 6.04 Å². The van der Waals surface area contributed by atoms with Gasteiger partial charge in [-0.2, -0.15) is 10.1 Å². The molecule has 7 heteroatoms. The summed E-state index contributed by atoms with van der Waals surface area (Å²) >= 11 is 0. The van der Waals surface area contributed by atoms with Gasteiger partial charge in [-0.05, 0) is 38.6 Å². The molecule has 2 aromatic rings. The number of aryl methyl sites for hydroxylation is 1. The van der Waals surface area contributed by atoms with Gasteiger partial charge in [0.05, 0.1) is 6.04 Å². The van der Waals surface area contributed by atoms with Crippen LogP contribution in [0.15, 0.2) is 17.2 Å². The average Bonchev–Trinajstić information content (AvgIpc) is 3.19. The molecule has 0 aromatic carbocycles. The standard InChI is InChI=1S/C15H24N6O/c1-3-5-14-18-15(22-19-14)12(2)20-7-4-6-13(8-20)9-21-11-16-10-17-21/h10-13H,3-9H2,1-2H3/t12-,13-/m0/s1. The number of rotatable bonds is 6. The molecule has 0 amide bonds. The first-order valence-corrected chi connectivity index (χ1v) is 8.15. The molecule has 3 rings (SSSR count). The molecule has 0 saturated carbocycles. The van der Waals surface area contributed by atoms with Crippen molar-refractivity contribution in [3.05, 3.63) is 24.4 Å². The van der Waals surface area contributed by atoms with Gasteiger partial charge in [0, 0.05) is 19.5 Å². The Balaban J connectivity index is 1.60. The van der Waals surface area contributed by atoms with Gasteiger partial charge in [-0.15, -0.1) is 0 Å². The Bertz CT molecular complexity index is 566. The molecule has 0 bridgehead atoms. The Morgan fingerprint density at radius 2 is 2.36 bits per heavy atom. The first-order chi connectivity index (χ1) is 10.8. The molecule has 0 unspecified atom stereocenters. The number of likely N-dealkylation sites (tertiary alicyclic amines) is 1. The average molecular weight is 304 g/mol. The van der Waals surface area contributed by atoms with E-state index in [2.05, 4.69) is 39.0 Å². The van der Waals surface area contributed by atoms with E-state index < -0.39 is 0 Å². The van der Waals surface area contributed by atoms with Gasteiger partial charge >= 0.3 is 0 Å². The Morgan fingerprint density at radius 3 is 3.14 bits per heavy atom. The molecule has 2 atom stereocenters. The van der Waals surface area contributed by atoms with Crippen molar-refractivity contribution < 1.29 is 4.52 Å². The van der Waals surface area contributed by atoms with E-state index in [4.69, 9.17) is 4.52 Å². The molecule has 1 saturated heterocycles. The Morgan fingerprint density at radius 1 is 1.45 bits per heavy atom. The highest BCUT2D eigenvalue weighted by Gasteiger charge is 2.27. The van der Waals surface area contributed by atoms with Crippen LogP contribution in [0.5, 0.6) is 0 Å². The van der Waals surface area contributed by atoms with Crippen molar-refractivity contribution in [2.75, 3.05) is 13.1 Å². The van der Waals surface area contributed by atoms with Gasteiger partial charge in [0.2, 0.25) is 5.89 Å². The molecule has 1 aliphatic heterocycles. The third kappa shape index (κ3) is 3.52. The fraction of sp³-hybridized carbons (Fsp3) is 0.733. The highest BCUT2D eigenvalue weighted by Crippen LogP contribution is 2.26. The summed E-state index contributed by atoms with van der Waals surface area (Å²) in [6.45, 7) is 7.32. The van der Waals surface area contributed by atoms with Gasteiger partial charge in [0.1, 0.15) is 12.7 Å². The normalized spacial score (nSPS) is 21.1. The second-order valence-corrected chi connectivity index (χ2v) is 6.10. The predicted molar refractivity (Wildman–Crippen MR) is 81.0 cm³/mol. The molecule has 2 aromatic heterocycles. The Kier molecular flexibility index (Phi) is 4.82. The van der Waals surface area contributed by atoms with Crippen molar-refractivity contribution in [3.63, 3.8) is 0 Å². The van der Waals surface area contributed by atoms with Gasteiger partial charge in [0.15, 0.2) is 5.82 Å². The van der Waals surface area contributed by atoms with Crippen LogP contribution in [0.4, 0.5) is 0 Å². The van der Waals surface area contributed by atoms with E-state index in [9.17, 15) is 0 Å². The van der Waals surface area contributed by atoms with E-state index in [0.29, 0.717) is 5.92 Å². The predicted octanol–water partition coefficient (Wildman–Crippen LogP) is 2.09. The highest BCUT2D eigenvalue weighted by molar-refractivity contribution is 4.93. The fourth-order valence-electron chi connectivity index (χ4n) is 3.11. The van der Waals surface area contributed by atoms with Gasteiger partial charge in [-0.25, -0.2) is 4.98 Å². The molecule has 0 spiro atoms. The van der Waals surface area contributed by atoms with Crippen LogP contribution < -0.4 is 0 Å². The van der Waals surface area contributed by atoms with Crippen LogP contribution in [0.2, 0.25) is 0 Å². The zero-order chi connectivity index (χ0) is 15.4. The minimum atomic E-state index is 0.177. The molecule has 22 heavy (non-hydrogen) atoms. The molecule has 120 valence electrons. The monoisotopic (exact) mass is 304 g/mol. The summed E-state index contributed by atoms with van der Waals surface area (Å²) in [5.41, 5.74) is 0. The quantitative estimate of drug-likeness (QED) is 0.813. The van der Waals surface area contributed by atoms with Crippen molar-refractivity contribution in [1.82, 2.24) is 29.8 Å². The summed E-state index contributed by atoms with van der Waals surface area (Å²) in [7, 11) is 0. The van der Waals surface area contributed by atoms with Crippen LogP contribution in [0, 0.1) is 5.92 Å². The summed E-state index contributed by atoms with van der Waals surface area (Å²) in [6.07, 6.45) is 7.73. The van der Waals surface area contributed by atoms with Crippen molar-refractivity contribution in [2.24, 2.45) is 5.92 Å². The van der Waals surface area contributed by atoms with Crippen molar-refractivity contribution in [1.29, 1.82) is 0 Å². The summed E-state index contributed by atoms with van der Waals surface area (Å²) in [5.74, 6) is 2.15. The van der Waals surface area contributed by atoms with Gasteiger partial charge in [-0.3, -0.25) is 9.58 Å². The number of nitrogens with zero attached hydrogens (tertiary/aromatic N) is 6. The van der Waals surface area contributed by atoms with E-state index in [1.807, 2.05) is 4.68 Å². The molecule has 7 nitrogen and oxygen atoms in total. The van der Waals surface area contributed by atoms with Crippen LogP contribution in [0.1, 0.15) is 50.9 Å². The number of hydrogen-bond acceptors (Lipinski definition) is 6. The third-order valence-corrected chi connectivity index (χ3v) is 4.32. The first kappa shape index (κ1) is 15.1. The Labute approximate surface area is 130 Å². The molecule has 3 heterocycles. The number of hydrogen-bond donors (Lipinski definition) is 0. The lowest BCUT2D eigenvalue weighted by atomic mass is 9.97. The molecule has 0 radical (unpaired) electrons. The van der Waals surface area contributed by atoms with Crippen molar-refractivity contribution in [3.8, 4) is 0 Å². The van der Waals surface area contributed by atoms with Crippen LogP contribution in [-0.2, 0) is 13.0 Å². The summed E-state index contributed by atoms with van der Waals surface area (Å²) in [5, 5.41) is 8.27. The van der Waals surface area contributed by atoms with Crippen LogP contribution in [0.3, 0.4) is 0 Å². The molecule has 1 fully saturated rings. The minimum Gasteiger partial charge on any atom is -0.338 e. The maximum absolute atomic E-state index is 5.44. The molecular weight excluding hydrogens is 280 g/mol. The second-order valence-electron chi connectivity index (χ2n) is 6.10. The van der Waals surface area contributed by atoms with Crippen LogP contribution >= 0.6 is 0 Å². The van der Waals surface area contributed by atoms with E-state index in [0.717, 1.165) is 44.2 Å². The minimum absolute atomic E-state index is 0.177. The van der Waals surface area contributed by atoms with Crippen molar-refractivity contribution >= 4 is 0 Å². The summed E-state index contributed by atoms with van der Waals surface area (Å²) < 4.78 is 7.36. The highest BCUT2D eigenvalue weighted by atomic mass is 16.5. The summed E-state index contributed by atoms with van der Waals surface area (Å²) in [6, 6.07) is 0.177. The third-order valence-electron chi connectivity index (χ3n) is 4.32. The van der Waals surface area contributed by atoms with Gasteiger partial charge in [0.25, 0.3) is 0 Å². The molecule has 0 N–H and O–H groups in total. The maximum Gasteiger partial charge on any atom is 0.243 e. The zero-order valence-electron chi connectivity index (χ0n) is 13.4. The smallest absolute Gasteiger partial charge is 0.243 e. The van der Waals surface area contributed by atoms with E-state index in [1.54, 1.807) is 12.7 Å². The first-order valence-electron chi connectivity index (χ1n) is 8.15. The van der Waals surface area contributed by atoms with Gasteiger partial charge < -0.3 is 4.52 Å². The largest absolute Gasteiger partial charge is 0.338 e. The maximum atomic E-state index is 5.44. The summed E-state index contributed by atoms with van der Waals surface area (Å²) in [4.78, 5) is 11.0. The van der Waals surface area contributed by atoms with Crippen LogP contribution in [-0.4, -0.2) is 42.9 Å². The lowest BCUT2D eigenvalue weighted by molar-refractivity contribution is 0.102.